The average Bonchev–Trinajstić information content (AvgIpc) is 2.17. The lowest BCUT2D eigenvalue weighted by molar-refractivity contribution is 0.227. The highest BCUT2D eigenvalue weighted by molar-refractivity contribution is 7.96. The van der Waals surface area contributed by atoms with Crippen LogP contribution in [-0.2, 0) is 6.54 Å². The van der Waals surface area contributed by atoms with Gasteiger partial charge in [-0.3, -0.25) is 15.2 Å². The van der Waals surface area contributed by atoms with E-state index in [2.05, 4.69) is 18.1 Å². The van der Waals surface area contributed by atoms with Gasteiger partial charge < -0.3 is 0 Å². The Labute approximate surface area is 87.8 Å². The van der Waals surface area contributed by atoms with Gasteiger partial charge in [-0.1, -0.05) is 36.9 Å². The van der Waals surface area contributed by atoms with E-state index in [4.69, 9.17) is 0 Å². The third-order valence-corrected chi connectivity index (χ3v) is 2.17. The summed E-state index contributed by atoms with van der Waals surface area (Å²) in [5, 5.41) is 1.35. The molecule has 0 bridgehead atoms. The molecule has 0 atom stereocenters. The number of rotatable bonds is 1. The molecule has 0 spiro atoms. The first-order chi connectivity index (χ1) is 6.75. The van der Waals surface area contributed by atoms with E-state index < -0.39 is 0 Å². The molecule has 14 heavy (non-hydrogen) atoms. The highest BCUT2D eigenvalue weighted by atomic mass is 32.1. The van der Waals surface area contributed by atoms with Crippen LogP contribution in [0.2, 0.25) is 0 Å². The fourth-order valence-electron chi connectivity index (χ4n) is 1.45. The summed E-state index contributed by atoms with van der Waals surface area (Å²) in [6, 6.07) is 8.07. The standard InChI is InChI=1S/C10H10N2OS/c13-10(14)11-12-6-5-8-3-1-2-4-9(8)7-12/h1-6H,7H2,(H2,11,13,14). The Kier molecular flexibility index (Phi) is 2.45. The third-order valence-electron chi connectivity index (χ3n) is 2.07. The summed E-state index contributed by atoms with van der Waals surface area (Å²) in [5.74, 6) is 0. The predicted octanol–water partition coefficient (Wildman–Crippen LogP) is 2.03. The largest absolute Gasteiger partial charge is 0.294 e. The Morgan fingerprint density at radius 2 is 2.21 bits per heavy atom. The van der Waals surface area contributed by atoms with Crippen LogP contribution in [0.1, 0.15) is 11.1 Å². The lowest BCUT2D eigenvalue weighted by Crippen LogP contribution is -2.35. The van der Waals surface area contributed by atoms with Gasteiger partial charge in [0.1, 0.15) is 0 Å². The van der Waals surface area contributed by atoms with E-state index in [1.807, 2.05) is 36.5 Å². The highest BCUT2D eigenvalue weighted by Crippen LogP contribution is 2.17. The SMILES string of the molecule is O=C(S)NN1C=Cc2ccccc2C1. The molecule has 0 unspecified atom stereocenters. The molecule has 2 rings (SSSR count). The molecule has 1 heterocycles. The number of nitrogens with zero attached hydrogens (tertiary/aromatic N) is 1. The topological polar surface area (TPSA) is 32.3 Å². The molecule has 0 aliphatic carbocycles. The molecule has 0 saturated heterocycles. The van der Waals surface area contributed by atoms with E-state index >= 15 is 0 Å². The van der Waals surface area contributed by atoms with Gasteiger partial charge in [-0.25, -0.2) is 0 Å². The summed E-state index contributed by atoms with van der Waals surface area (Å²) in [6.45, 7) is 0.680. The number of hydrazine groups is 1. The van der Waals surface area contributed by atoms with Gasteiger partial charge in [-0.2, -0.15) is 0 Å². The van der Waals surface area contributed by atoms with E-state index in [9.17, 15) is 4.79 Å². The van der Waals surface area contributed by atoms with Crippen molar-refractivity contribution in [2.45, 2.75) is 6.54 Å². The molecular weight excluding hydrogens is 196 g/mol. The summed E-state index contributed by atoms with van der Waals surface area (Å²) in [7, 11) is 0. The number of thiol groups is 1. The van der Waals surface area contributed by atoms with Crippen LogP contribution in [-0.4, -0.2) is 10.2 Å². The maximum absolute atomic E-state index is 10.7. The molecule has 1 N–H and O–H groups in total. The summed E-state index contributed by atoms with van der Waals surface area (Å²) in [5.41, 5.74) is 4.98. The van der Waals surface area contributed by atoms with E-state index in [1.54, 1.807) is 5.01 Å². The smallest absolute Gasteiger partial charge is 0.288 e. The van der Waals surface area contributed by atoms with Crippen molar-refractivity contribution in [2.24, 2.45) is 0 Å². The van der Waals surface area contributed by atoms with Crippen LogP contribution in [0.3, 0.4) is 0 Å². The van der Waals surface area contributed by atoms with Crippen LogP contribution in [0.25, 0.3) is 6.08 Å². The molecule has 72 valence electrons. The van der Waals surface area contributed by atoms with E-state index in [1.165, 1.54) is 11.1 Å². The minimum Gasteiger partial charge on any atom is -0.288 e. The number of nitrogens with one attached hydrogen (secondary N) is 1. The van der Waals surface area contributed by atoms with Crippen LogP contribution in [0, 0.1) is 0 Å². The zero-order valence-electron chi connectivity index (χ0n) is 7.47. The highest BCUT2D eigenvalue weighted by Gasteiger charge is 2.09. The molecule has 1 aliphatic heterocycles. The Hall–Kier alpha value is -1.42. The van der Waals surface area contributed by atoms with Crippen molar-refractivity contribution in [3.05, 3.63) is 41.6 Å². The molecule has 0 radical (unpaired) electrons. The Bertz CT molecular complexity index is 389. The summed E-state index contributed by atoms with van der Waals surface area (Å²) in [4.78, 5) is 10.7. The van der Waals surface area contributed by atoms with E-state index in [0.29, 0.717) is 6.54 Å². The second-order valence-corrected chi connectivity index (χ2v) is 3.47. The fraction of sp³-hybridized carbons (Fsp3) is 0.100. The van der Waals surface area contributed by atoms with Crippen molar-refractivity contribution >= 4 is 23.9 Å². The van der Waals surface area contributed by atoms with Gasteiger partial charge in [0.2, 0.25) is 0 Å². The third kappa shape index (κ3) is 1.90. The summed E-state index contributed by atoms with van der Waals surface area (Å²) in [6.07, 6.45) is 3.79. The molecule has 0 saturated carbocycles. The lowest BCUT2D eigenvalue weighted by atomic mass is 10.1. The molecule has 1 aromatic rings. The Morgan fingerprint density at radius 1 is 1.43 bits per heavy atom. The van der Waals surface area contributed by atoms with Crippen molar-refractivity contribution in [2.75, 3.05) is 0 Å². The van der Waals surface area contributed by atoms with Crippen LogP contribution in [0.15, 0.2) is 30.5 Å². The zero-order chi connectivity index (χ0) is 9.97. The van der Waals surface area contributed by atoms with E-state index in [0.717, 1.165) is 0 Å². The molecule has 3 nitrogen and oxygen atoms in total. The van der Waals surface area contributed by atoms with Gasteiger partial charge in [-0.05, 0) is 17.2 Å². The minimum absolute atomic E-state index is 0.353. The minimum atomic E-state index is -0.353. The fourth-order valence-corrected chi connectivity index (χ4v) is 1.58. The van der Waals surface area contributed by atoms with Gasteiger partial charge in [0.15, 0.2) is 0 Å². The number of hydrogen-bond donors (Lipinski definition) is 2. The lowest BCUT2D eigenvalue weighted by Gasteiger charge is -2.24. The normalized spacial score (nSPS) is 13.6. The molecular formula is C10H10N2OS. The Balaban J connectivity index is 2.17. The number of hydrogen-bond acceptors (Lipinski definition) is 2. The number of benzene rings is 1. The van der Waals surface area contributed by atoms with Gasteiger partial charge in [-0.15, -0.1) is 0 Å². The van der Waals surface area contributed by atoms with Crippen LogP contribution < -0.4 is 5.43 Å². The van der Waals surface area contributed by atoms with Gasteiger partial charge in [0, 0.05) is 6.20 Å². The summed E-state index contributed by atoms with van der Waals surface area (Å²) >= 11 is 3.65. The number of fused-ring (bicyclic) bond motifs is 1. The van der Waals surface area contributed by atoms with Crippen LogP contribution in [0.5, 0.6) is 0 Å². The maximum atomic E-state index is 10.7. The van der Waals surface area contributed by atoms with Crippen LogP contribution in [0.4, 0.5) is 4.79 Å². The molecule has 1 aromatic carbocycles. The molecule has 1 aliphatic rings. The van der Waals surface area contributed by atoms with Crippen molar-refractivity contribution in [3.8, 4) is 0 Å². The molecule has 0 aromatic heterocycles. The second kappa shape index (κ2) is 3.75. The molecule has 0 fully saturated rings. The van der Waals surface area contributed by atoms with Crippen LogP contribution >= 0.6 is 12.6 Å². The summed E-state index contributed by atoms with van der Waals surface area (Å²) < 4.78 is 0. The molecule has 4 heteroatoms. The second-order valence-electron chi connectivity index (χ2n) is 3.06. The predicted molar refractivity (Wildman–Crippen MR) is 58.5 cm³/mol. The molecule has 1 amide bonds. The Morgan fingerprint density at radius 3 is 3.00 bits per heavy atom. The van der Waals surface area contributed by atoms with Gasteiger partial charge in [0.05, 0.1) is 6.54 Å². The van der Waals surface area contributed by atoms with Gasteiger partial charge in [0.25, 0.3) is 5.24 Å². The van der Waals surface area contributed by atoms with Crippen molar-refractivity contribution in [1.29, 1.82) is 0 Å². The first kappa shape index (κ1) is 9.15. The number of amides is 1. The first-order valence-electron chi connectivity index (χ1n) is 4.28. The number of carbonyl (C=O) groups is 1. The monoisotopic (exact) mass is 206 g/mol. The maximum Gasteiger partial charge on any atom is 0.294 e. The van der Waals surface area contributed by atoms with Crippen molar-refractivity contribution < 1.29 is 4.79 Å². The van der Waals surface area contributed by atoms with Gasteiger partial charge >= 0.3 is 0 Å². The quantitative estimate of drug-likeness (QED) is 0.689. The van der Waals surface area contributed by atoms with E-state index in [-0.39, 0.29) is 5.24 Å². The zero-order valence-corrected chi connectivity index (χ0v) is 8.37. The van der Waals surface area contributed by atoms with Crippen molar-refractivity contribution in [3.63, 3.8) is 0 Å². The number of carbonyl (C=O) groups excluding carboxylic acids is 1. The van der Waals surface area contributed by atoms with Crippen molar-refractivity contribution in [1.82, 2.24) is 10.4 Å². The first-order valence-corrected chi connectivity index (χ1v) is 4.73. The average molecular weight is 206 g/mol.